The maximum absolute atomic E-state index is 5.46. The van der Waals surface area contributed by atoms with Gasteiger partial charge in [0, 0.05) is 13.6 Å². The fourth-order valence-corrected chi connectivity index (χ4v) is 1.37. The number of tetrazole rings is 1. The third kappa shape index (κ3) is 1.86. The Morgan fingerprint density at radius 2 is 2.33 bits per heavy atom. The molecule has 0 spiro atoms. The molecule has 0 aliphatic heterocycles. The lowest BCUT2D eigenvalue weighted by Crippen LogP contribution is -2.23. The van der Waals surface area contributed by atoms with E-state index in [4.69, 9.17) is 5.73 Å². The molecule has 0 bridgehead atoms. The first-order valence-electron chi connectivity index (χ1n) is 4.76. The van der Waals surface area contributed by atoms with Crippen molar-refractivity contribution in [3.63, 3.8) is 0 Å². The number of aromatic nitrogens is 5. The van der Waals surface area contributed by atoms with Gasteiger partial charge in [-0.1, -0.05) is 0 Å². The minimum absolute atomic E-state index is 0.645. The van der Waals surface area contributed by atoms with Crippen molar-refractivity contribution in [2.45, 2.75) is 6.42 Å². The van der Waals surface area contributed by atoms with Gasteiger partial charge in [-0.3, -0.25) is 4.98 Å². The van der Waals surface area contributed by atoms with Gasteiger partial charge >= 0.3 is 0 Å². The minimum atomic E-state index is 0.645. The van der Waals surface area contributed by atoms with Gasteiger partial charge in [0.05, 0.1) is 12.4 Å². The smallest absolute Gasteiger partial charge is 0.199 e. The molecular formula is C8H13N7. The van der Waals surface area contributed by atoms with Gasteiger partial charge < -0.3 is 10.6 Å². The van der Waals surface area contributed by atoms with Gasteiger partial charge in [0.15, 0.2) is 11.5 Å². The largest absolute Gasteiger partial charge is 0.358 e. The third-order valence-electron chi connectivity index (χ3n) is 2.18. The molecule has 0 saturated heterocycles. The van der Waals surface area contributed by atoms with Crippen molar-refractivity contribution in [3.8, 4) is 0 Å². The monoisotopic (exact) mass is 207 g/mol. The maximum atomic E-state index is 5.46. The molecule has 7 nitrogen and oxygen atoms in total. The highest BCUT2D eigenvalue weighted by atomic mass is 15.5. The molecule has 0 atom stereocenters. The van der Waals surface area contributed by atoms with E-state index in [0.717, 1.165) is 18.8 Å². The molecule has 2 aromatic rings. The molecular weight excluding hydrogens is 194 g/mol. The van der Waals surface area contributed by atoms with E-state index in [2.05, 4.69) is 20.5 Å². The van der Waals surface area contributed by atoms with Crippen molar-refractivity contribution in [2.24, 2.45) is 5.73 Å². The van der Waals surface area contributed by atoms with E-state index < -0.39 is 0 Å². The molecule has 15 heavy (non-hydrogen) atoms. The van der Waals surface area contributed by atoms with Gasteiger partial charge in [-0.25, -0.2) is 0 Å². The highest BCUT2D eigenvalue weighted by Crippen LogP contribution is 2.10. The van der Waals surface area contributed by atoms with Crippen LogP contribution in [0.15, 0.2) is 12.4 Å². The number of nitrogens with two attached hydrogens (primary N) is 1. The first-order chi connectivity index (χ1) is 7.33. The second kappa shape index (κ2) is 4.18. The number of fused-ring (bicyclic) bond motifs is 1. The lowest BCUT2D eigenvalue weighted by atomic mass is 10.4. The molecule has 0 amide bonds. The zero-order valence-corrected chi connectivity index (χ0v) is 8.54. The lowest BCUT2D eigenvalue weighted by Gasteiger charge is -2.17. The van der Waals surface area contributed by atoms with Gasteiger partial charge in [-0.05, 0) is 23.4 Å². The topological polar surface area (TPSA) is 85.2 Å². The van der Waals surface area contributed by atoms with Crippen molar-refractivity contribution in [1.29, 1.82) is 0 Å². The summed E-state index contributed by atoms with van der Waals surface area (Å²) in [5, 5.41) is 11.3. The van der Waals surface area contributed by atoms with Gasteiger partial charge in [-0.15, -0.1) is 5.10 Å². The minimum Gasteiger partial charge on any atom is -0.358 e. The van der Waals surface area contributed by atoms with Crippen LogP contribution in [0.4, 0.5) is 5.82 Å². The summed E-state index contributed by atoms with van der Waals surface area (Å²) in [5.74, 6) is 0.867. The first-order valence-corrected chi connectivity index (χ1v) is 4.76. The fraction of sp³-hybridized carbons (Fsp3) is 0.500. The van der Waals surface area contributed by atoms with Crippen LogP contribution in [0.3, 0.4) is 0 Å². The predicted octanol–water partition coefficient (Wildman–Crippen LogP) is -0.696. The molecule has 0 aromatic carbocycles. The van der Waals surface area contributed by atoms with E-state index >= 15 is 0 Å². The van der Waals surface area contributed by atoms with Crippen LogP contribution in [-0.2, 0) is 0 Å². The summed E-state index contributed by atoms with van der Waals surface area (Å²) < 4.78 is 1.66. The van der Waals surface area contributed by atoms with E-state index in [-0.39, 0.29) is 0 Å². The Balaban J connectivity index is 2.29. The predicted molar refractivity (Wildman–Crippen MR) is 55.5 cm³/mol. The zero-order chi connectivity index (χ0) is 10.7. The summed E-state index contributed by atoms with van der Waals surface area (Å²) in [5.41, 5.74) is 6.10. The fourth-order valence-electron chi connectivity index (χ4n) is 1.37. The Hall–Kier alpha value is -1.76. The second-order valence-corrected chi connectivity index (χ2v) is 3.28. The third-order valence-corrected chi connectivity index (χ3v) is 2.18. The molecule has 80 valence electrons. The van der Waals surface area contributed by atoms with E-state index in [1.165, 1.54) is 0 Å². The van der Waals surface area contributed by atoms with Gasteiger partial charge in [0.2, 0.25) is 0 Å². The molecule has 2 aromatic heterocycles. The molecule has 0 radical (unpaired) electrons. The number of hydrogen-bond donors (Lipinski definition) is 1. The molecule has 7 heteroatoms. The van der Waals surface area contributed by atoms with Crippen LogP contribution in [0.2, 0.25) is 0 Å². The van der Waals surface area contributed by atoms with E-state index in [0.29, 0.717) is 12.2 Å². The summed E-state index contributed by atoms with van der Waals surface area (Å²) in [4.78, 5) is 6.11. The standard InChI is InChI=1S/C8H13N7/c1-14(4-2-3-9)8-6-10-5-7-11-12-13-15(7)8/h5-6H,2-4,9H2,1H3. The van der Waals surface area contributed by atoms with Crippen LogP contribution >= 0.6 is 0 Å². The van der Waals surface area contributed by atoms with Crippen molar-refractivity contribution in [1.82, 2.24) is 25.0 Å². The van der Waals surface area contributed by atoms with Crippen molar-refractivity contribution in [2.75, 3.05) is 25.0 Å². The number of anilines is 1. The van der Waals surface area contributed by atoms with E-state index in [9.17, 15) is 0 Å². The van der Waals surface area contributed by atoms with Crippen molar-refractivity contribution >= 4 is 11.5 Å². The lowest BCUT2D eigenvalue weighted by molar-refractivity contribution is 0.749. The Bertz CT molecular complexity index is 437. The normalized spacial score (nSPS) is 10.8. The van der Waals surface area contributed by atoms with Crippen LogP contribution in [0, 0.1) is 0 Å². The molecule has 2 rings (SSSR count). The van der Waals surface area contributed by atoms with E-state index in [1.54, 1.807) is 16.9 Å². The molecule has 0 saturated carbocycles. The first kappa shape index (κ1) is 9.78. The molecule has 0 aliphatic carbocycles. The summed E-state index contributed by atoms with van der Waals surface area (Å²) in [6, 6.07) is 0. The van der Waals surface area contributed by atoms with Crippen LogP contribution in [-0.4, -0.2) is 45.2 Å². The van der Waals surface area contributed by atoms with Crippen LogP contribution < -0.4 is 10.6 Å². The maximum Gasteiger partial charge on any atom is 0.199 e. The van der Waals surface area contributed by atoms with Crippen LogP contribution in [0.1, 0.15) is 6.42 Å². The summed E-state index contributed by atoms with van der Waals surface area (Å²) in [6.07, 6.45) is 4.29. The Morgan fingerprint density at radius 1 is 1.47 bits per heavy atom. The molecule has 0 fully saturated rings. The van der Waals surface area contributed by atoms with Crippen LogP contribution in [0.25, 0.3) is 5.65 Å². The molecule has 2 N–H and O–H groups in total. The number of rotatable bonds is 4. The average Bonchev–Trinajstić information content (AvgIpc) is 2.73. The van der Waals surface area contributed by atoms with Gasteiger partial charge in [0.25, 0.3) is 0 Å². The number of nitrogens with zero attached hydrogens (tertiary/aromatic N) is 6. The van der Waals surface area contributed by atoms with Gasteiger partial charge in [-0.2, -0.15) is 4.52 Å². The molecule has 2 heterocycles. The summed E-state index contributed by atoms with van der Waals surface area (Å²) >= 11 is 0. The molecule has 0 aliphatic rings. The highest BCUT2D eigenvalue weighted by molar-refractivity contribution is 5.45. The summed E-state index contributed by atoms with van der Waals surface area (Å²) in [6.45, 7) is 1.53. The molecule has 0 unspecified atom stereocenters. The Labute approximate surface area is 86.9 Å². The average molecular weight is 207 g/mol. The highest BCUT2D eigenvalue weighted by Gasteiger charge is 2.07. The quantitative estimate of drug-likeness (QED) is 0.714. The van der Waals surface area contributed by atoms with Crippen molar-refractivity contribution in [3.05, 3.63) is 12.4 Å². The van der Waals surface area contributed by atoms with Crippen LogP contribution in [0.5, 0.6) is 0 Å². The Morgan fingerprint density at radius 3 is 3.13 bits per heavy atom. The van der Waals surface area contributed by atoms with Gasteiger partial charge in [0.1, 0.15) is 0 Å². The Kier molecular flexibility index (Phi) is 2.72. The number of hydrogen-bond acceptors (Lipinski definition) is 6. The zero-order valence-electron chi connectivity index (χ0n) is 8.54. The van der Waals surface area contributed by atoms with E-state index in [1.807, 2.05) is 11.9 Å². The SMILES string of the molecule is CN(CCCN)c1cncc2nnnn12. The summed E-state index contributed by atoms with van der Waals surface area (Å²) in [7, 11) is 1.97. The second-order valence-electron chi connectivity index (χ2n) is 3.28. The van der Waals surface area contributed by atoms with Crippen molar-refractivity contribution < 1.29 is 0 Å².